The summed E-state index contributed by atoms with van der Waals surface area (Å²) in [4.78, 5) is 0. The number of aliphatic hydroxyl groups excluding tert-OH is 1. The second kappa shape index (κ2) is 4.81. The Labute approximate surface area is 118 Å². The van der Waals surface area contributed by atoms with E-state index in [1.165, 1.54) is 0 Å². The molecule has 0 spiro atoms. The van der Waals surface area contributed by atoms with Crippen LogP contribution >= 0.6 is 34.9 Å². The number of nitrogens with zero attached hydrogens (tertiary/aromatic N) is 2. The van der Waals surface area contributed by atoms with Crippen LogP contribution in [-0.4, -0.2) is 26.0 Å². The molecule has 1 aromatic carbocycles. The van der Waals surface area contributed by atoms with E-state index in [4.69, 9.17) is 23.2 Å². The van der Waals surface area contributed by atoms with E-state index in [1.807, 2.05) is 0 Å². The molecule has 0 aliphatic heterocycles. The molecule has 0 radical (unpaired) electrons. The molecule has 1 aliphatic carbocycles. The standard InChI is InChI=1S/C11H11Cl2N3OS/c12-5-4-6(13)10-11(16-18-15-10)9(5)14-7-2-1-3-8(7)17/h4,7-8,14,17H,1-3H2. The van der Waals surface area contributed by atoms with Crippen molar-refractivity contribution in [2.24, 2.45) is 0 Å². The Kier molecular flexibility index (Phi) is 3.32. The fourth-order valence-corrected chi connectivity index (χ4v) is 3.47. The predicted octanol–water partition coefficient (Wildman–Crippen LogP) is 3.32. The third kappa shape index (κ3) is 2.05. The van der Waals surface area contributed by atoms with Crippen LogP contribution in [0.1, 0.15) is 19.3 Å². The highest BCUT2D eigenvalue weighted by atomic mass is 35.5. The smallest absolute Gasteiger partial charge is 0.130 e. The Balaban J connectivity index is 2.03. The lowest BCUT2D eigenvalue weighted by molar-refractivity contribution is 0.172. The fourth-order valence-electron chi connectivity index (χ4n) is 2.31. The highest BCUT2D eigenvalue weighted by molar-refractivity contribution is 7.00. The van der Waals surface area contributed by atoms with Crippen LogP contribution in [0.4, 0.5) is 5.69 Å². The van der Waals surface area contributed by atoms with Crippen molar-refractivity contribution in [2.75, 3.05) is 5.32 Å². The van der Waals surface area contributed by atoms with E-state index in [0.29, 0.717) is 21.1 Å². The van der Waals surface area contributed by atoms with Gasteiger partial charge < -0.3 is 10.4 Å². The lowest BCUT2D eigenvalue weighted by Gasteiger charge is -2.19. The van der Waals surface area contributed by atoms with Gasteiger partial charge in [-0.15, -0.1) is 0 Å². The summed E-state index contributed by atoms with van der Waals surface area (Å²) in [5.74, 6) is 0. The van der Waals surface area contributed by atoms with Crippen LogP contribution in [0, 0.1) is 0 Å². The number of anilines is 1. The zero-order valence-corrected chi connectivity index (χ0v) is 11.7. The summed E-state index contributed by atoms with van der Waals surface area (Å²) >= 11 is 13.4. The minimum atomic E-state index is -0.335. The van der Waals surface area contributed by atoms with Crippen LogP contribution < -0.4 is 5.32 Å². The molecule has 1 aliphatic rings. The van der Waals surface area contributed by atoms with Crippen molar-refractivity contribution in [2.45, 2.75) is 31.4 Å². The topological polar surface area (TPSA) is 58.0 Å². The van der Waals surface area contributed by atoms with E-state index in [9.17, 15) is 5.11 Å². The van der Waals surface area contributed by atoms with Gasteiger partial charge in [0, 0.05) is 0 Å². The average Bonchev–Trinajstić information content (AvgIpc) is 2.93. The van der Waals surface area contributed by atoms with Gasteiger partial charge in [-0.3, -0.25) is 0 Å². The van der Waals surface area contributed by atoms with Gasteiger partial charge in [0.2, 0.25) is 0 Å². The molecule has 1 fully saturated rings. The maximum absolute atomic E-state index is 9.85. The van der Waals surface area contributed by atoms with Crippen molar-refractivity contribution in [1.29, 1.82) is 0 Å². The van der Waals surface area contributed by atoms with E-state index >= 15 is 0 Å². The zero-order valence-electron chi connectivity index (χ0n) is 9.36. The minimum Gasteiger partial charge on any atom is -0.391 e. The number of benzene rings is 1. The maximum Gasteiger partial charge on any atom is 0.130 e. The summed E-state index contributed by atoms with van der Waals surface area (Å²) in [7, 11) is 0. The molecule has 2 unspecified atom stereocenters. The first-order valence-corrected chi connectivity index (χ1v) is 7.20. The quantitative estimate of drug-likeness (QED) is 0.893. The van der Waals surface area contributed by atoms with Gasteiger partial charge in [-0.25, -0.2) is 0 Å². The molecular weight excluding hydrogens is 293 g/mol. The lowest BCUT2D eigenvalue weighted by Crippen LogP contribution is -2.28. The third-order valence-corrected chi connectivity index (χ3v) is 4.37. The molecule has 3 rings (SSSR count). The van der Waals surface area contributed by atoms with Crippen LogP contribution in [0.3, 0.4) is 0 Å². The van der Waals surface area contributed by atoms with Gasteiger partial charge in [-0.05, 0) is 25.3 Å². The molecule has 1 aromatic heterocycles. The molecule has 1 heterocycles. The Morgan fingerprint density at radius 2 is 2.00 bits per heavy atom. The molecule has 1 saturated carbocycles. The average molecular weight is 304 g/mol. The van der Waals surface area contributed by atoms with Gasteiger partial charge >= 0.3 is 0 Å². The Morgan fingerprint density at radius 3 is 2.72 bits per heavy atom. The molecule has 0 bridgehead atoms. The molecular formula is C11H11Cl2N3OS. The maximum atomic E-state index is 9.85. The van der Waals surface area contributed by atoms with Crippen LogP contribution in [0.25, 0.3) is 11.0 Å². The second-order valence-corrected chi connectivity index (χ2v) is 5.77. The van der Waals surface area contributed by atoms with Crippen LogP contribution in [0.5, 0.6) is 0 Å². The van der Waals surface area contributed by atoms with Crippen LogP contribution in [0.2, 0.25) is 10.0 Å². The molecule has 18 heavy (non-hydrogen) atoms. The highest BCUT2D eigenvalue weighted by Gasteiger charge is 2.27. The van der Waals surface area contributed by atoms with Gasteiger partial charge in [-0.1, -0.05) is 23.2 Å². The van der Waals surface area contributed by atoms with Gasteiger partial charge in [0.1, 0.15) is 11.0 Å². The largest absolute Gasteiger partial charge is 0.391 e. The van der Waals surface area contributed by atoms with Crippen LogP contribution in [0.15, 0.2) is 6.07 Å². The van der Waals surface area contributed by atoms with E-state index in [2.05, 4.69) is 14.1 Å². The summed E-state index contributed by atoms with van der Waals surface area (Å²) in [5.41, 5.74) is 2.05. The number of rotatable bonds is 2. The number of fused-ring (bicyclic) bond motifs is 1. The summed E-state index contributed by atoms with van der Waals surface area (Å²) in [5, 5.41) is 14.1. The van der Waals surface area contributed by atoms with Crippen molar-refractivity contribution < 1.29 is 5.11 Å². The molecule has 96 valence electrons. The molecule has 2 aromatic rings. The number of hydrogen-bond acceptors (Lipinski definition) is 5. The van der Waals surface area contributed by atoms with Gasteiger partial charge in [0.15, 0.2) is 0 Å². The van der Waals surface area contributed by atoms with Crippen molar-refractivity contribution >= 4 is 51.7 Å². The summed E-state index contributed by atoms with van der Waals surface area (Å²) in [6.07, 6.45) is 2.43. The molecule has 4 nitrogen and oxygen atoms in total. The summed E-state index contributed by atoms with van der Waals surface area (Å²) in [6, 6.07) is 1.69. The fraction of sp³-hybridized carbons (Fsp3) is 0.455. The van der Waals surface area contributed by atoms with Crippen molar-refractivity contribution in [3.63, 3.8) is 0 Å². The number of hydrogen-bond donors (Lipinski definition) is 2. The van der Waals surface area contributed by atoms with Crippen molar-refractivity contribution in [3.05, 3.63) is 16.1 Å². The molecule has 2 N–H and O–H groups in total. The minimum absolute atomic E-state index is 0.0218. The SMILES string of the molecule is OC1CCCC1Nc1c(Cl)cc(Cl)c2nsnc12. The van der Waals surface area contributed by atoms with Gasteiger partial charge in [0.25, 0.3) is 0 Å². The van der Waals surface area contributed by atoms with Crippen molar-refractivity contribution in [1.82, 2.24) is 8.75 Å². The van der Waals surface area contributed by atoms with E-state index in [-0.39, 0.29) is 12.1 Å². The Bertz CT molecular complexity index is 589. The number of aliphatic hydroxyl groups is 1. The number of aromatic nitrogens is 2. The molecule has 2 atom stereocenters. The Hall–Kier alpha value is -0.620. The second-order valence-electron chi connectivity index (χ2n) is 4.43. The van der Waals surface area contributed by atoms with Gasteiger partial charge in [0.05, 0.1) is 39.6 Å². The molecule has 0 amide bonds. The normalized spacial score (nSPS) is 23.7. The van der Waals surface area contributed by atoms with Crippen molar-refractivity contribution in [3.8, 4) is 0 Å². The molecule has 0 saturated heterocycles. The summed E-state index contributed by atoms with van der Waals surface area (Å²) in [6.45, 7) is 0. The van der Waals surface area contributed by atoms with E-state index < -0.39 is 0 Å². The Morgan fingerprint density at radius 1 is 1.22 bits per heavy atom. The van der Waals surface area contributed by atoms with Crippen LogP contribution in [-0.2, 0) is 0 Å². The lowest BCUT2D eigenvalue weighted by atomic mass is 10.2. The highest BCUT2D eigenvalue weighted by Crippen LogP contribution is 2.37. The third-order valence-electron chi connectivity index (χ3n) is 3.25. The number of halogens is 2. The zero-order chi connectivity index (χ0) is 12.7. The first-order valence-electron chi connectivity index (χ1n) is 5.71. The molecule has 7 heteroatoms. The van der Waals surface area contributed by atoms with E-state index in [1.54, 1.807) is 6.07 Å². The first-order chi connectivity index (χ1) is 8.66. The monoisotopic (exact) mass is 303 g/mol. The van der Waals surface area contributed by atoms with E-state index in [0.717, 1.165) is 36.7 Å². The first kappa shape index (κ1) is 12.4. The summed E-state index contributed by atoms with van der Waals surface area (Å²) < 4.78 is 8.38. The predicted molar refractivity (Wildman–Crippen MR) is 74.7 cm³/mol. The number of nitrogens with one attached hydrogen (secondary N) is 1. The van der Waals surface area contributed by atoms with Gasteiger partial charge in [-0.2, -0.15) is 8.75 Å².